The summed E-state index contributed by atoms with van der Waals surface area (Å²) in [4.78, 5) is 26.3. The van der Waals surface area contributed by atoms with Crippen molar-refractivity contribution in [3.05, 3.63) is 53.1 Å². The number of nitrogens with one attached hydrogen (secondary N) is 2. The number of ether oxygens (including phenoxy) is 1. The van der Waals surface area contributed by atoms with Gasteiger partial charge in [-0.2, -0.15) is 0 Å². The number of amides is 3. The molecule has 0 unspecified atom stereocenters. The van der Waals surface area contributed by atoms with Crippen molar-refractivity contribution < 1.29 is 14.3 Å². The summed E-state index contributed by atoms with van der Waals surface area (Å²) < 4.78 is 5.24. The van der Waals surface area contributed by atoms with Gasteiger partial charge in [0.05, 0.1) is 12.8 Å². The van der Waals surface area contributed by atoms with Gasteiger partial charge in [0.15, 0.2) is 0 Å². The van der Waals surface area contributed by atoms with E-state index in [1.165, 1.54) is 7.11 Å². The second kappa shape index (κ2) is 7.70. The van der Waals surface area contributed by atoms with Crippen LogP contribution in [-0.2, 0) is 0 Å². The number of halogens is 1. The highest BCUT2D eigenvalue weighted by atomic mass is 35.5. The molecule has 0 bridgehead atoms. The van der Waals surface area contributed by atoms with E-state index in [1.54, 1.807) is 61.5 Å². The number of urea groups is 1. The zero-order valence-electron chi connectivity index (χ0n) is 13.6. The van der Waals surface area contributed by atoms with E-state index in [-0.39, 0.29) is 5.56 Å². The molecule has 0 radical (unpaired) electrons. The molecule has 0 heterocycles. The van der Waals surface area contributed by atoms with Gasteiger partial charge in [0.25, 0.3) is 5.91 Å². The normalized spacial score (nSPS) is 10.0. The number of benzene rings is 2. The fraction of sp³-hybridized carbons (Fsp3) is 0.176. The van der Waals surface area contributed by atoms with E-state index in [0.29, 0.717) is 22.1 Å². The first-order chi connectivity index (χ1) is 11.4. The molecular formula is C17H18ClN3O3. The third-order valence-corrected chi connectivity index (χ3v) is 3.51. The highest BCUT2D eigenvalue weighted by molar-refractivity contribution is 6.30. The molecule has 2 rings (SSSR count). The first-order valence-electron chi connectivity index (χ1n) is 7.14. The predicted octanol–water partition coefficient (Wildman–Crippen LogP) is 3.38. The molecule has 0 aromatic heterocycles. The number of hydrogen-bond donors (Lipinski definition) is 2. The molecule has 2 N–H and O–H groups in total. The van der Waals surface area contributed by atoms with Crippen molar-refractivity contribution in [2.24, 2.45) is 0 Å². The van der Waals surface area contributed by atoms with E-state index < -0.39 is 11.9 Å². The summed E-state index contributed by atoms with van der Waals surface area (Å²) >= 11 is 5.79. The second-order valence-corrected chi connectivity index (χ2v) is 5.60. The minimum Gasteiger partial charge on any atom is -0.496 e. The van der Waals surface area contributed by atoms with Gasteiger partial charge in [0.1, 0.15) is 11.3 Å². The van der Waals surface area contributed by atoms with Crippen molar-refractivity contribution in [1.82, 2.24) is 5.32 Å². The Balaban J connectivity index is 2.17. The third kappa shape index (κ3) is 4.17. The molecule has 6 nitrogen and oxygen atoms in total. The van der Waals surface area contributed by atoms with E-state index >= 15 is 0 Å². The molecule has 2 aromatic rings. The first kappa shape index (κ1) is 17.6. The zero-order valence-corrected chi connectivity index (χ0v) is 14.3. The van der Waals surface area contributed by atoms with Crippen LogP contribution in [0.1, 0.15) is 10.4 Å². The number of nitrogens with zero attached hydrogens (tertiary/aromatic N) is 1. The van der Waals surface area contributed by atoms with Crippen LogP contribution in [0.2, 0.25) is 5.02 Å². The Labute approximate surface area is 145 Å². The zero-order chi connectivity index (χ0) is 17.7. The molecule has 126 valence electrons. The maximum atomic E-state index is 12.5. The molecule has 0 fully saturated rings. The van der Waals surface area contributed by atoms with E-state index in [2.05, 4.69) is 10.6 Å². The first-order valence-corrected chi connectivity index (χ1v) is 7.52. The SMILES string of the molecule is COc1cccc(N(C)C)c1C(=O)NC(=O)Nc1ccc(Cl)cc1. The van der Waals surface area contributed by atoms with Gasteiger partial charge in [-0.1, -0.05) is 17.7 Å². The molecule has 0 saturated carbocycles. The molecule has 0 aliphatic rings. The Morgan fingerprint density at radius 3 is 2.33 bits per heavy atom. The van der Waals surface area contributed by atoms with E-state index in [0.717, 1.165) is 0 Å². The van der Waals surface area contributed by atoms with E-state index in [4.69, 9.17) is 16.3 Å². The van der Waals surface area contributed by atoms with Crippen LogP contribution in [0.25, 0.3) is 0 Å². The summed E-state index contributed by atoms with van der Waals surface area (Å²) in [5, 5.41) is 5.43. The fourth-order valence-corrected chi connectivity index (χ4v) is 2.28. The Bertz CT molecular complexity index is 745. The lowest BCUT2D eigenvalue weighted by molar-refractivity contribution is 0.0964. The number of imide groups is 1. The number of methoxy groups -OCH3 is 1. The second-order valence-electron chi connectivity index (χ2n) is 5.16. The molecule has 0 atom stereocenters. The molecule has 0 saturated heterocycles. The van der Waals surface area contributed by atoms with Gasteiger partial charge in [0.2, 0.25) is 0 Å². The lowest BCUT2D eigenvalue weighted by Crippen LogP contribution is -2.35. The third-order valence-electron chi connectivity index (χ3n) is 3.26. The monoisotopic (exact) mass is 347 g/mol. The van der Waals surface area contributed by atoms with E-state index in [9.17, 15) is 9.59 Å². The summed E-state index contributed by atoms with van der Waals surface area (Å²) in [7, 11) is 5.08. The van der Waals surface area contributed by atoms with Gasteiger partial charge >= 0.3 is 6.03 Å². The largest absolute Gasteiger partial charge is 0.496 e. The van der Waals surface area contributed by atoms with Crippen LogP contribution >= 0.6 is 11.6 Å². The Hall–Kier alpha value is -2.73. The molecule has 3 amide bonds. The van der Waals surface area contributed by atoms with Crippen molar-refractivity contribution in [1.29, 1.82) is 0 Å². The lowest BCUT2D eigenvalue weighted by atomic mass is 10.1. The molecular weight excluding hydrogens is 330 g/mol. The van der Waals surface area contributed by atoms with Gasteiger partial charge < -0.3 is 15.0 Å². The molecule has 2 aromatic carbocycles. The molecule has 24 heavy (non-hydrogen) atoms. The lowest BCUT2D eigenvalue weighted by Gasteiger charge is -2.19. The minimum absolute atomic E-state index is 0.288. The highest BCUT2D eigenvalue weighted by Crippen LogP contribution is 2.28. The topological polar surface area (TPSA) is 70.7 Å². The van der Waals surface area contributed by atoms with Crippen LogP contribution in [0, 0.1) is 0 Å². The van der Waals surface area contributed by atoms with Crippen LogP contribution in [0.3, 0.4) is 0 Å². The van der Waals surface area contributed by atoms with Crippen molar-refractivity contribution in [3.8, 4) is 5.75 Å². The standard InChI is InChI=1S/C17H18ClN3O3/c1-21(2)13-5-4-6-14(24-3)15(13)16(22)20-17(23)19-12-9-7-11(18)8-10-12/h4-10H,1-3H3,(H2,19,20,22,23). The van der Waals surface area contributed by atoms with Gasteiger partial charge in [-0.05, 0) is 36.4 Å². The number of rotatable bonds is 4. The van der Waals surface area contributed by atoms with Crippen LogP contribution in [0.15, 0.2) is 42.5 Å². The molecule has 0 spiro atoms. The average molecular weight is 348 g/mol. The van der Waals surface area contributed by atoms with E-state index in [1.807, 2.05) is 0 Å². The van der Waals surface area contributed by atoms with Crippen LogP contribution in [0.5, 0.6) is 5.75 Å². The fourth-order valence-electron chi connectivity index (χ4n) is 2.15. The Morgan fingerprint density at radius 1 is 1.08 bits per heavy atom. The maximum Gasteiger partial charge on any atom is 0.326 e. The smallest absolute Gasteiger partial charge is 0.326 e. The average Bonchev–Trinajstić information content (AvgIpc) is 2.55. The van der Waals surface area contributed by atoms with Crippen molar-refractivity contribution in [2.75, 3.05) is 31.4 Å². The van der Waals surface area contributed by atoms with Crippen LogP contribution in [-0.4, -0.2) is 33.1 Å². The van der Waals surface area contributed by atoms with Crippen molar-refractivity contribution in [2.45, 2.75) is 0 Å². The van der Waals surface area contributed by atoms with Crippen molar-refractivity contribution in [3.63, 3.8) is 0 Å². The van der Waals surface area contributed by atoms with Gasteiger partial charge in [-0.15, -0.1) is 0 Å². The van der Waals surface area contributed by atoms with Crippen LogP contribution in [0.4, 0.5) is 16.2 Å². The number of carbonyl (C=O) groups is 2. The van der Waals surface area contributed by atoms with Gasteiger partial charge in [-0.3, -0.25) is 10.1 Å². The molecule has 0 aliphatic heterocycles. The summed E-state index contributed by atoms with van der Waals surface area (Å²) in [6.07, 6.45) is 0. The minimum atomic E-state index is -0.641. The maximum absolute atomic E-state index is 12.5. The Kier molecular flexibility index (Phi) is 5.65. The number of carbonyl (C=O) groups excluding carboxylic acids is 2. The highest BCUT2D eigenvalue weighted by Gasteiger charge is 2.20. The van der Waals surface area contributed by atoms with Gasteiger partial charge in [-0.25, -0.2) is 4.79 Å². The molecule has 0 aliphatic carbocycles. The van der Waals surface area contributed by atoms with Gasteiger partial charge in [0, 0.05) is 24.8 Å². The van der Waals surface area contributed by atoms with Crippen LogP contribution < -0.4 is 20.3 Å². The summed E-state index contributed by atoms with van der Waals surface area (Å²) in [5.41, 5.74) is 1.46. The number of hydrogen-bond acceptors (Lipinski definition) is 4. The predicted molar refractivity (Wildman–Crippen MR) is 95.3 cm³/mol. The molecule has 7 heteroatoms. The Morgan fingerprint density at radius 2 is 1.75 bits per heavy atom. The summed E-state index contributed by atoms with van der Waals surface area (Å²) in [6, 6.07) is 11.1. The summed E-state index contributed by atoms with van der Waals surface area (Å²) in [6.45, 7) is 0. The van der Waals surface area contributed by atoms with Crippen molar-refractivity contribution >= 4 is 34.9 Å². The quantitative estimate of drug-likeness (QED) is 0.889. The summed E-state index contributed by atoms with van der Waals surface area (Å²) in [5.74, 6) is -0.166. The number of anilines is 2.